The Kier molecular flexibility index (Phi) is 5.73. The lowest BCUT2D eigenvalue weighted by Crippen LogP contribution is -2.57. The van der Waals surface area contributed by atoms with Gasteiger partial charge in [-0.05, 0) is 32.3 Å². The molecule has 3 fully saturated rings. The van der Waals surface area contributed by atoms with E-state index in [0.717, 1.165) is 25.6 Å². The number of hydrogen-bond donors (Lipinski definition) is 2. The molecule has 1 amide bonds. The van der Waals surface area contributed by atoms with Crippen molar-refractivity contribution in [2.75, 3.05) is 19.7 Å². The molecule has 1 aliphatic carbocycles. The number of amidine groups is 1. The number of carbonyl (C=O) groups excluding carboxylic acids is 1. The van der Waals surface area contributed by atoms with Crippen LogP contribution in [0.3, 0.4) is 0 Å². The highest BCUT2D eigenvalue weighted by Gasteiger charge is 2.52. The second kappa shape index (κ2) is 8.69. The monoisotopic (exact) mass is 459 g/mol. The van der Waals surface area contributed by atoms with Gasteiger partial charge < -0.3 is 19.5 Å². The third-order valence-electron chi connectivity index (χ3n) is 6.71. The molecule has 2 aromatic heterocycles. The summed E-state index contributed by atoms with van der Waals surface area (Å²) < 4.78 is 31.9. The topological polar surface area (TPSA) is 103 Å². The fourth-order valence-electron chi connectivity index (χ4n) is 5.12. The summed E-state index contributed by atoms with van der Waals surface area (Å²) in [5, 5.41) is 11.2. The quantitative estimate of drug-likeness (QED) is 0.491. The number of rotatable bonds is 7. The maximum Gasteiger partial charge on any atom is 0.333 e. The Bertz CT molecular complexity index is 1050. The minimum Gasteiger partial charge on any atom is -0.378 e. The van der Waals surface area contributed by atoms with E-state index in [1.165, 1.54) is 12.4 Å². The number of aromatic nitrogens is 3. The van der Waals surface area contributed by atoms with Gasteiger partial charge in [-0.1, -0.05) is 0 Å². The minimum atomic E-state index is -2.69. The van der Waals surface area contributed by atoms with Crippen molar-refractivity contribution in [2.24, 2.45) is 10.9 Å². The first-order valence-corrected chi connectivity index (χ1v) is 11.3. The lowest BCUT2D eigenvalue weighted by molar-refractivity contribution is -0.138. The third kappa shape index (κ3) is 4.05. The smallest absolute Gasteiger partial charge is 0.333 e. The molecule has 3 aliphatic rings. The molecular weight excluding hydrogens is 432 g/mol. The van der Waals surface area contributed by atoms with Crippen molar-refractivity contribution in [1.29, 1.82) is 5.41 Å². The molecule has 4 heterocycles. The number of nitrogens with zero attached hydrogens (tertiary/aromatic N) is 5. The number of aromatic amines is 1. The van der Waals surface area contributed by atoms with Crippen LogP contribution in [-0.4, -0.2) is 80.5 Å². The molecule has 2 N–H and O–H groups in total. The molecule has 176 valence electrons. The standard InChI is InChI=1S/C22H27F2N7O2/c1-2-33-19-6-17(19)21(32)31-15-3-4-16(31)11-29(10-15)20(27-12-25)18-5-13(7-26-18)14-8-28-30(9-14)22(23)24/h5,7-9,12,15-17,19,22,25-26H,2-4,6,10-11H2,1H3/b25-12?,27-20+. The first-order valence-electron chi connectivity index (χ1n) is 11.3. The van der Waals surface area contributed by atoms with Gasteiger partial charge in [-0.2, -0.15) is 13.9 Å². The van der Waals surface area contributed by atoms with Gasteiger partial charge in [0.2, 0.25) is 5.91 Å². The van der Waals surface area contributed by atoms with Crippen LogP contribution < -0.4 is 0 Å². The van der Waals surface area contributed by atoms with Crippen LogP contribution in [0.1, 0.15) is 38.4 Å². The van der Waals surface area contributed by atoms with Crippen LogP contribution in [0.4, 0.5) is 8.78 Å². The zero-order valence-corrected chi connectivity index (χ0v) is 18.3. The zero-order chi connectivity index (χ0) is 23.1. The number of ether oxygens (including phenoxy) is 1. The van der Waals surface area contributed by atoms with E-state index < -0.39 is 6.55 Å². The second-order valence-corrected chi connectivity index (χ2v) is 8.74. The van der Waals surface area contributed by atoms with Gasteiger partial charge in [0.05, 0.1) is 23.9 Å². The molecule has 33 heavy (non-hydrogen) atoms. The molecule has 4 unspecified atom stereocenters. The number of alkyl halides is 2. The van der Waals surface area contributed by atoms with E-state index in [-0.39, 0.29) is 30.0 Å². The summed E-state index contributed by atoms with van der Waals surface area (Å²) in [5.74, 6) is 0.791. The van der Waals surface area contributed by atoms with Gasteiger partial charge >= 0.3 is 6.55 Å². The van der Waals surface area contributed by atoms with Gasteiger partial charge in [0.1, 0.15) is 6.34 Å². The summed E-state index contributed by atoms with van der Waals surface area (Å²) in [6.07, 6.45) is 8.16. The number of halogens is 2. The average molecular weight is 460 g/mol. The molecule has 1 saturated carbocycles. The predicted octanol–water partition coefficient (Wildman–Crippen LogP) is 2.73. The molecule has 2 saturated heterocycles. The third-order valence-corrected chi connectivity index (χ3v) is 6.71. The normalized spacial score (nSPS) is 26.8. The van der Waals surface area contributed by atoms with Crippen molar-refractivity contribution < 1.29 is 18.3 Å². The van der Waals surface area contributed by atoms with E-state index in [4.69, 9.17) is 10.1 Å². The van der Waals surface area contributed by atoms with Crippen LogP contribution in [-0.2, 0) is 9.53 Å². The molecule has 0 spiro atoms. The number of amides is 1. The molecule has 0 aromatic carbocycles. The predicted molar refractivity (Wildman–Crippen MR) is 117 cm³/mol. The maximum atomic E-state index is 13.1. The molecule has 11 heteroatoms. The van der Waals surface area contributed by atoms with Gasteiger partial charge in [-0.25, -0.2) is 9.67 Å². The van der Waals surface area contributed by atoms with Crippen molar-refractivity contribution in [2.45, 2.75) is 50.9 Å². The molecule has 2 aliphatic heterocycles. The van der Waals surface area contributed by atoms with E-state index in [0.29, 0.717) is 47.0 Å². The van der Waals surface area contributed by atoms with Crippen molar-refractivity contribution >= 4 is 18.1 Å². The Morgan fingerprint density at radius 3 is 2.76 bits per heavy atom. The van der Waals surface area contributed by atoms with E-state index in [9.17, 15) is 13.6 Å². The number of likely N-dealkylation sites (tertiary alicyclic amines) is 1. The number of nitrogens with one attached hydrogen (secondary N) is 2. The van der Waals surface area contributed by atoms with E-state index in [2.05, 4.69) is 24.9 Å². The first-order chi connectivity index (χ1) is 16.0. The number of carbonyl (C=O) groups is 1. The van der Waals surface area contributed by atoms with Crippen LogP contribution in [0.25, 0.3) is 11.1 Å². The minimum absolute atomic E-state index is 0.0190. The number of hydrogen-bond acceptors (Lipinski definition) is 4. The molecule has 2 bridgehead atoms. The van der Waals surface area contributed by atoms with Crippen molar-refractivity contribution in [3.8, 4) is 11.1 Å². The van der Waals surface area contributed by atoms with Gasteiger partial charge in [-0.3, -0.25) is 10.2 Å². The lowest BCUT2D eigenvalue weighted by atomic mass is 10.1. The molecule has 5 rings (SSSR count). The van der Waals surface area contributed by atoms with Crippen LogP contribution in [0, 0.1) is 11.3 Å². The Hall–Kier alpha value is -3.08. The fraction of sp³-hybridized carbons (Fsp3) is 0.545. The largest absolute Gasteiger partial charge is 0.378 e. The Morgan fingerprint density at radius 1 is 1.36 bits per heavy atom. The first kappa shape index (κ1) is 21.7. The number of aliphatic imine (C=N–C) groups is 1. The maximum absolute atomic E-state index is 13.1. The summed E-state index contributed by atoms with van der Waals surface area (Å²) in [6.45, 7) is 1.15. The zero-order valence-electron chi connectivity index (χ0n) is 18.3. The summed E-state index contributed by atoms with van der Waals surface area (Å²) in [4.78, 5) is 24.7. The Balaban J connectivity index is 1.31. The number of piperazine rings is 1. The van der Waals surface area contributed by atoms with E-state index in [1.54, 1.807) is 6.20 Å². The number of fused-ring (bicyclic) bond motifs is 2. The van der Waals surface area contributed by atoms with Gasteiger partial charge in [0.25, 0.3) is 0 Å². The second-order valence-electron chi connectivity index (χ2n) is 8.74. The summed E-state index contributed by atoms with van der Waals surface area (Å²) in [6, 6.07) is 2.04. The van der Waals surface area contributed by atoms with E-state index in [1.807, 2.05) is 13.0 Å². The van der Waals surface area contributed by atoms with E-state index >= 15 is 0 Å². The molecule has 4 atom stereocenters. The van der Waals surface area contributed by atoms with Gasteiger partial charge in [0, 0.05) is 55.3 Å². The van der Waals surface area contributed by atoms with Gasteiger partial charge in [0.15, 0.2) is 5.84 Å². The van der Waals surface area contributed by atoms with Crippen molar-refractivity contribution in [1.82, 2.24) is 24.6 Å². The molecule has 9 nitrogen and oxygen atoms in total. The lowest BCUT2D eigenvalue weighted by Gasteiger charge is -2.42. The van der Waals surface area contributed by atoms with Crippen molar-refractivity contribution in [3.63, 3.8) is 0 Å². The Morgan fingerprint density at radius 2 is 2.12 bits per heavy atom. The molecular formula is C22H27F2N7O2. The highest BCUT2D eigenvalue weighted by Crippen LogP contribution is 2.40. The average Bonchev–Trinajstić information content (AvgIpc) is 3.13. The highest BCUT2D eigenvalue weighted by molar-refractivity contribution is 6.02. The SMILES string of the molecule is CCOC1CC1C(=O)N1C2CCC1CN(/C(=N/C=N)c1cc(-c3cnn(C(F)F)c3)c[nH]1)C2. The summed E-state index contributed by atoms with van der Waals surface area (Å²) >= 11 is 0. The Labute approximate surface area is 189 Å². The van der Waals surface area contributed by atoms with Crippen LogP contribution in [0.15, 0.2) is 29.6 Å². The van der Waals surface area contributed by atoms with Crippen LogP contribution >= 0.6 is 0 Å². The summed E-state index contributed by atoms with van der Waals surface area (Å²) in [5.41, 5.74) is 1.97. The van der Waals surface area contributed by atoms with Crippen LogP contribution in [0.5, 0.6) is 0 Å². The fourth-order valence-corrected chi connectivity index (χ4v) is 5.12. The van der Waals surface area contributed by atoms with Crippen molar-refractivity contribution in [3.05, 3.63) is 30.4 Å². The van der Waals surface area contributed by atoms with Crippen LogP contribution in [0.2, 0.25) is 0 Å². The molecule has 2 aromatic rings. The summed E-state index contributed by atoms with van der Waals surface area (Å²) in [7, 11) is 0. The number of H-pyrrole nitrogens is 1. The van der Waals surface area contributed by atoms with Gasteiger partial charge in [-0.15, -0.1) is 0 Å². The highest BCUT2D eigenvalue weighted by atomic mass is 19.3. The molecule has 0 radical (unpaired) electrons.